The van der Waals surface area contributed by atoms with Crippen LogP contribution in [0.15, 0.2) is 12.1 Å². The summed E-state index contributed by atoms with van der Waals surface area (Å²) in [7, 11) is 3.23. The molecule has 0 heterocycles. The van der Waals surface area contributed by atoms with Crippen molar-refractivity contribution < 1.29 is 9.47 Å². The molecule has 0 radical (unpaired) electrons. The molecule has 0 unspecified atom stereocenters. The van der Waals surface area contributed by atoms with Crippen LogP contribution in [-0.4, -0.2) is 20.8 Å². The third kappa shape index (κ3) is 3.01. The van der Waals surface area contributed by atoms with E-state index in [2.05, 4.69) is 12.2 Å². The maximum absolute atomic E-state index is 5.99. The fourth-order valence-corrected chi connectivity index (χ4v) is 1.55. The molecule has 0 spiro atoms. The number of hydrogen-bond acceptors (Lipinski definition) is 3. The molecule has 0 saturated heterocycles. The van der Waals surface area contributed by atoms with Gasteiger partial charge in [0.2, 0.25) is 0 Å². The van der Waals surface area contributed by atoms with Crippen molar-refractivity contribution in [1.82, 2.24) is 5.32 Å². The van der Waals surface area contributed by atoms with Crippen molar-refractivity contribution in [2.45, 2.75) is 13.5 Å². The van der Waals surface area contributed by atoms with E-state index in [0.29, 0.717) is 10.8 Å². The van der Waals surface area contributed by atoms with Gasteiger partial charge in [0.1, 0.15) is 11.5 Å². The van der Waals surface area contributed by atoms with E-state index in [4.69, 9.17) is 21.1 Å². The Morgan fingerprint density at radius 3 is 2.40 bits per heavy atom. The summed E-state index contributed by atoms with van der Waals surface area (Å²) >= 11 is 5.99. The maximum Gasteiger partial charge on any atom is 0.138 e. The number of hydrogen-bond donors (Lipinski definition) is 1. The van der Waals surface area contributed by atoms with Gasteiger partial charge < -0.3 is 14.8 Å². The molecule has 0 aliphatic rings. The minimum atomic E-state index is 0.564. The highest BCUT2D eigenvalue weighted by Gasteiger charge is 2.08. The van der Waals surface area contributed by atoms with E-state index in [-0.39, 0.29) is 0 Å². The molecule has 1 rings (SSSR count). The van der Waals surface area contributed by atoms with Gasteiger partial charge in [0.05, 0.1) is 19.2 Å². The molecule has 0 aliphatic carbocycles. The summed E-state index contributed by atoms with van der Waals surface area (Å²) < 4.78 is 10.4. The zero-order valence-corrected chi connectivity index (χ0v) is 10.0. The second-order valence-electron chi connectivity index (χ2n) is 3.08. The highest BCUT2D eigenvalue weighted by Crippen LogP contribution is 2.32. The third-order valence-electron chi connectivity index (χ3n) is 2.12. The molecule has 3 nitrogen and oxygen atoms in total. The van der Waals surface area contributed by atoms with Gasteiger partial charge in [-0.1, -0.05) is 18.5 Å². The number of benzene rings is 1. The van der Waals surface area contributed by atoms with Gasteiger partial charge in [-0.3, -0.25) is 0 Å². The Morgan fingerprint density at radius 2 is 1.87 bits per heavy atom. The third-order valence-corrected chi connectivity index (χ3v) is 2.42. The molecular weight excluding hydrogens is 214 g/mol. The van der Waals surface area contributed by atoms with Crippen LogP contribution in [0.4, 0.5) is 0 Å². The molecule has 84 valence electrons. The first-order valence-electron chi connectivity index (χ1n) is 4.84. The predicted molar refractivity (Wildman–Crippen MR) is 61.9 cm³/mol. The first-order chi connectivity index (χ1) is 7.22. The topological polar surface area (TPSA) is 30.5 Å². The number of rotatable bonds is 5. The lowest BCUT2D eigenvalue weighted by Crippen LogP contribution is -2.12. The first kappa shape index (κ1) is 12.1. The fraction of sp³-hybridized carbons (Fsp3) is 0.455. The van der Waals surface area contributed by atoms with Crippen LogP contribution in [0.5, 0.6) is 11.5 Å². The van der Waals surface area contributed by atoms with Gasteiger partial charge in [-0.05, 0) is 12.6 Å². The minimum absolute atomic E-state index is 0.564. The summed E-state index contributed by atoms with van der Waals surface area (Å²) in [5, 5.41) is 3.80. The van der Waals surface area contributed by atoms with E-state index in [9.17, 15) is 0 Å². The zero-order valence-electron chi connectivity index (χ0n) is 9.26. The van der Waals surface area contributed by atoms with E-state index in [0.717, 1.165) is 24.4 Å². The molecule has 1 aromatic carbocycles. The van der Waals surface area contributed by atoms with Gasteiger partial charge in [-0.15, -0.1) is 0 Å². The molecule has 0 saturated carbocycles. The second kappa shape index (κ2) is 5.83. The van der Waals surface area contributed by atoms with E-state index < -0.39 is 0 Å². The summed E-state index contributed by atoms with van der Waals surface area (Å²) in [5.74, 6) is 1.45. The van der Waals surface area contributed by atoms with E-state index in [1.807, 2.05) is 6.07 Å². The molecular formula is C11H16ClNO2. The van der Waals surface area contributed by atoms with Crippen molar-refractivity contribution in [3.05, 3.63) is 22.7 Å². The van der Waals surface area contributed by atoms with E-state index in [1.165, 1.54) is 0 Å². The normalized spacial score (nSPS) is 10.1. The van der Waals surface area contributed by atoms with E-state index in [1.54, 1.807) is 20.3 Å². The predicted octanol–water partition coefficient (Wildman–Crippen LogP) is 2.47. The van der Waals surface area contributed by atoms with Gasteiger partial charge in [-0.25, -0.2) is 0 Å². The highest BCUT2D eigenvalue weighted by atomic mass is 35.5. The standard InChI is InChI=1S/C11H16ClNO2/c1-4-13-7-8-5-11(15-3)9(12)6-10(8)14-2/h5-6,13H,4,7H2,1-3H3. The SMILES string of the molecule is CCNCc1cc(OC)c(Cl)cc1OC. The Balaban J connectivity index is 2.99. The second-order valence-corrected chi connectivity index (χ2v) is 3.49. The van der Waals surface area contributed by atoms with Crippen molar-refractivity contribution in [2.75, 3.05) is 20.8 Å². The molecule has 0 atom stereocenters. The monoisotopic (exact) mass is 229 g/mol. The lowest BCUT2D eigenvalue weighted by molar-refractivity contribution is 0.397. The molecule has 0 amide bonds. The van der Waals surface area contributed by atoms with Crippen molar-refractivity contribution in [1.29, 1.82) is 0 Å². The molecule has 1 aromatic rings. The number of halogens is 1. The Kier molecular flexibility index (Phi) is 4.72. The average Bonchev–Trinajstić information content (AvgIpc) is 2.26. The Morgan fingerprint density at radius 1 is 1.20 bits per heavy atom. The Hall–Kier alpha value is -0.930. The largest absolute Gasteiger partial charge is 0.496 e. The van der Waals surface area contributed by atoms with Crippen molar-refractivity contribution >= 4 is 11.6 Å². The van der Waals surface area contributed by atoms with Crippen molar-refractivity contribution in [3.63, 3.8) is 0 Å². The highest BCUT2D eigenvalue weighted by molar-refractivity contribution is 6.32. The van der Waals surface area contributed by atoms with Gasteiger partial charge in [0.25, 0.3) is 0 Å². The van der Waals surface area contributed by atoms with Gasteiger partial charge in [0, 0.05) is 18.2 Å². The fourth-order valence-electron chi connectivity index (χ4n) is 1.32. The first-order valence-corrected chi connectivity index (χ1v) is 5.21. The molecule has 15 heavy (non-hydrogen) atoms. The Labute approximate surface area is 95.3 Å². The number of nitrogens with one attached hydrogen (secondary N) is 1. The number of methoxy groups -OCH3 is 2. The van der Waals surface area contributed by atoms with Gasteiger partial charge in [0.15, 0.2) is 0 Å². The molecule has 1 N–H and O–H groups in total. The smallest absolute Gasteiger partial charge is 0.138 e. The van der Waals surface area contributed by atoms with Gasteiger partial charge in [-0.2, -0.15) is 0 Å². The summed E-state index contributed by atoms with van der Waals surface area (Å²) in [5.41, 5.74) is 1.04. The van der Waals surface area contributed by atoms with Crippen LogP contribution < -0.4 is 14.8 Å². The average molecular weight is 230 g/mol. The summed E-state index contributed by atoms with van der Waals surface area (Å²) in [4.78, 5) is 0. The lowest BCUT2D eigenvalue weighted by Gasteiger charge is -2.12. The van der Waals surface area contributed by atoms with Gasteiger partial charge >= 0.3 is 0 Å². The van der Waals surface area contributed by atoms with Crippen LogP contribution in [0.2, 0.25) is 5.02 Å². The lowest BCUT2D eigenvalue weighted by atomic mass is 10.2. The summed E-state index contributed by atoms with van der Waals surface area (Å²) in [6, 6.07) is 3.66. The van der Waals surface area contributed by atoms with E-state index >= 15 is 0 Å². The summed E-state index contributed by atoms with van der Waals surface area (Å²) in [6.45, 7) is 3.71. The quantitative estimate of drug-likeness (QED) is 0.842. The minimum Gasteiger partial charge on any atom is -0.496 e. The van der Waals surface area contributed by atoms with Crippen LogP contribution >= 0.6 is 11.6 Å². The van der Waals surface area contributed by atoms with Crippen LogP contribution in [0.3, 0.4) is 0 Å². The molecule has 0 aromatic heterocycles. The maximum atomic E-state index is 5.99. The Bertz CT molecular complexity index is 329. The van der Waals surface area contributed by atoms with Crippen LogP contribution in [0, 0.1) is 0 Å². The van der Waals surface area contributed by atoms with Crippen molar-refractivity contribution in [2.24, 2.45) is 0 Å². The molecule has 0 aliphatic heterocycles. The van der Waals surface area contributed by atoms with Crippen LogP contribution in [0.1, 0.15) is 12.5 Å². The molecule has 0 bridgehead atoms. The molecule has 4 heteroatoms. The zero-order chi connectivity index (χ0) is 11.3. The van der Waals surface area contributed by atoms with Crippen LogP contribution in [-0.2, 0) is 6.54 Å². The summed E-state index contributed by atoms with van der Waals surface area (Å²) in [6.07, 6.45) is 0. The van der Waals surface area contributed by atoms with Crippen LogP contribution in [0.25, 0.3) is 0 Å². The van der Waals surface area contributed by atoms with Crippen molar-refractivity contribution in [3.8, 4) is 11.5 Å². The number of ether oxygens (including phenoxy) is 2. The molecule has 0 fully saturated rings.